The summed E-state index contributed by atoms with van der Waals surface area (Å²) in [5, 5.41) is 5.50. The summed E-state index contributed by atoms with van der Waals surface area (Å²) in [6.45, 7) is 5.06. The number of carbonyl (C=O) groups excluding carboxylic acids is 1. The van der Waals surface area contributed by atoms with Crippen molar-refractivity contribution in [1.82, 2.24) is 19.7 Å². The van der Waals surface area contributed by atoms with E-state index in [2.05, 4.69) is 17.1 Å². The zero-order valence-electron chi connectivity index (χ0n) is 15.2. The van der Waals surface area contributed by atoms with Crippen molar-refractivity contribution < 1.29 is 14.1 Å². The zero-order valence-corrected chi connectivity index (χ0v) is 15.9. The van der Waals surface area contributed by atoms with Crippen LogP contribution in [0.5, 0.6) is 0 Å². The summed E-state index contributed by atoms with van der Waals surface area (Å²) in [5.74, 6) is -0.421. The number of nitrogens with one attached hydrogen (secondary N) is 1. The van der Waals surface area contributed by atoms with E-state index in [1.165, 1.54) is 23.2 Å². The first-order valence-electron chi connectivity index (χ1n) is 8.86. The lowest BCUT2D eigenvalue weighted by Crippen LogP contribution is -3.12. The van der Waals surface area contributed by atoms with Gasteiger partial charge in [0.25, 0.3) is 5.91 Å². The number of pyridine rings is 1. The summed E-state index contributed by atoms with van der Waals surface area (Å²) >= 11 is 6.61. The third-order valence-electron chi connectivity index (χ3n) is 5.01. The molecule has 0 saturated carbocycles. The number of nitrogens with zero attached hydrogens (tertiary/aromatic N) is 4. The quantitative estimate of drug-likeness (QED) is 0.723. The van der Waals surface area contributed by atoms with E-state index >= 15 is 0 Å². The second-order valence-electron chi connectivity index (χ2n) is 6.91. The number of aryl methyl sites for hydroxylation is 1. The summed E-state index contributed by atoms with van der Waals surface area (Å²) in [6.07, 6.45) is 1.51. The highest BCUT2D eigenvalue weighted by molar-refractivity contribution is 6.38. The lowest BCUT2D eigenvalue weighted by molar-refractivity contribution is -0.883. The van der Waals surface area contributed by atoms with Gasteiger partial charge >= 0.3 is 0 Å². The number of halogens is 2. The molecule has 1 fully saturated rings. The Morgan fingerprint density at radius 2 is 1.89 bits per heavy atom. The minimum atomic E-state index is -0.320. The third-order valence-corrected chi connectivity index (χ3v) is 5.41. The van der Waals surface area contributed by atoms with Crippen LogP contribution in [-0.4, -0.2) is 58.8 Å². The summed E-state index contributed by atoms with van der Waals surface area (Å²) in [4.78, 5) is 20.6. The molecule has 0 spiro atoms. The Morgan fingerprint density at radius 1 is 1.22 bits per heavy atom. The van der Waals surface area contributed by atoms with Crippen LogP contribution in [0.4, 0.5) is 4.39 Å². The molecule has 1 saturated heterocycles. The number of likely N-dealkylation sites (N-methyl/N-ethyl adjacent to an activating group) is 1. The largest absolute Gasteiger partial charge is 0.334 e. The first-order chi connectivity index (χ1) is 13.0. The molecule has 1 aromatic carbocycles. The fraction of sp³-hybridized carbons (Fsp3) is 0.316. The normalized spacial score (nSPS) is 15.5. The number of rotatable bonds is 2. The van der Waals surface area contributed by atoms with Gasteiger partial charge < -0.3 is 9.80 Å². The van der Waals surface area contributed by atoms with E-state index in [-0.39, 0.29) is 11.7 Å². The van der Waals surface area contributed by atoms with E-state index in [0.717, 1.165) is 13.1 Å². The van der Waals surface area contributed by atoms with Gasteiger partial charge in [-0.05, 0) is 31.2 Å². The Balaban J connectivity index is 1.75. The Hall–Kier alpha value is -2.51. The van der Waals surface area contributed by atoms with Crippen LogP contribution in [-0.2, 0) is 0 Å². The van der Waals surface area contributed by atoms with E-state index in [9.17, 15) is 9.18 Å². The van der Waals surface area contributed by atoms with Crippen LogP contribution in [0.15, 0.2) is 30.5 Å². The van der Waals surface area contributed by atoms with Gasteiger partial charge in [-0.1, -0.05) is 11.6 Å². The molecule has 0 atom stereocenters. The van der Waals surface area contributed by atoms with Crippen molar-refractivity contribution in [3.05, 3.63) is 52.6 Å². The van der Waals surface area contributed by atoms with Crippen LogP contribution >= 0.6 is 11.6 Å². The summed E-state index contributed by atoms with van der Waals surface area (Å²) in [7, 11) is 2.12. The first-order valence-corrected chi connectivity index (χ1v) is 9.24. The van der Waals surface area contributed by atoms with Crippen LogP contribution in [0.25, 0.3) is 16.7 Å². The molecule has 0 radical (unpaired) electrons. The van der Waals surface area contributed by atoms with E-state index in [1.807, 2.05) is 11.8 Å². The lowest BCUT2D eigenvalue weighted by atomic mass is 10.1. The lowest BCUT2D eigenvalue weighted by Gasteiger charge is -2.30. The number of fused-ring (bicyclic) bond motifs is 1. The van der Waals surface area contributed by atoms with Crippen molar-refractivity contribution in [3.63, 3.8) is 0 Å². The van der Waals surface area contributed by atoms with Gasteiger partial charge in [-0.15, -0.1) is 0 Å². The maximum atomic E-state index is 13.2. The summed E-state index contributed by atoms with van der Waals surface area (Å²) in [5.41, 5.74) is 2.29. The molecule has 4 rings (SSSR count). The number of aromatic nitrogens is 3. The van der Waals surface area contributed by atoms with Crippen molar-refractivity contribution in [3.8, 4) is 5.69 Å². The number of benzene rings is 1. The van der Waals surface area contributed by atoms with Crippen molar-refractivity contribution in [1.29, 1.82) is 0 Å². The molecule has 0 unspecified atom stereocenters. The number of piperazine rings is 1. The summed E-state index contributed by atoms with van der Waals surface area (Å²) < 4.78 is 14.8. The van der Waals surface area contributed by atoms with Gasteiger partial charge in [0.15, 0.2) is 5.65 Å². The van der Waals surface area contributed by atoms with Crippen molar-refractivity contribution in [2.45, 2.75) is 6.92 Å². The molecule has 1 N–H and O–H groups in total. The maximum Gasteiger partial charge on any atom is 0.257 e. The molecular weight excluding hydrogens is 369 g/mol. The Labute approximate surface area is 161 Å². The van der Waals surface area contributed by atoms with E-state index in [0.29, 0.717) is 46.1 Å². The van der Waals surface area contributed by atoms with Crippen LogP contribution < -0.4 is 4.90 Å². The second-order valence-corrected chi connectivity index (χ2v) is 7.29. The molecule has 8 heteroatoms. The molecule has 1 aliphatic rings. The highest BCUT2D eigenvalue weighted by atomic mass is 35.5. The van der Waals surface area contributed by atoms with Crippen LogP contribution in [0.1, 0.15) is 16.1 Å². The molecule has 1 aliphatic heterocycles. The van der Waals surface area contributed by atoms with E-state index < -0.39 is 0 Å². The SMILES string of the molecule is Cc1nn(-c2ccc(F)cc2)c2ncc(C(=O)N3CC[NH+](C)CC3)c(Cl)c12. The highest BCUT2D eigenvalue weighted by Gasteiger charge is 2.26. The average molecular weight is 389 g/mol. The number of amides is 1. The summed E-state index contributed by atoms with van der Waals surface area (Å²) in [6, 6.07) is 5.99. The number of quaternary nitrogens is 1. The predicted molar refractivity (Wildman–Crippen MR) is 101 cm³/mol. The molecular formula is C19H20ClFN5O+. The van der Waals surface area contributed by atoms with Crippen molar-refractivity contribution in [2.75, 3.05) is 33.2 Å². The zero-order chi connectivity index (χ0) is 19.1. The molecule has 0 bridgehead atoms. The van der Waals surface area contributed by atoms with Gasteiger partial charge in [-0.3, -0.25) is 4.79 Å². The molecule has 6 nitrogen and oxygen atoms in total. The van der Waals surface area contributed by atoms with Gasteiger partial charge in [0.05, 0.1) is 60.6 Å². The van der Waals surface area contributed by atoms with Gasteiger partial charge in [-0.25, -0.2) is 14.1 Å². The topological polar surface area (TPSA) is 55.5 Å². The molecule has 140 valence electrons. The minimum absolute atomic E-state index is 0.101. The number of hydrogen-bond donors (Lipinski definition) is 1. The third kappa shape index (κ3) is 3.17. The van der Waals surface area contributed by atoms with E-state index in [4.69, 9.17) is 11.6 Å². The minimum Gasteiger partial charge on any atom is -0.334 e. The molecule has 0 aliphatic carbocycles. The fourth-order valence-electron chi connectivity index (χ4n) is 3.38. The molecule has 1 amide bonds. The molecule has 2 aromatic heterocycles. The smallest absolute Gasteiger partial charge is 0.257 e. The van der Waals surface area contributed by atoms with Gasteiger partial charge in [0.1, 0.15) is 5.82 Å². The fourth-order valence-corrected chi connectivity index (χ4v) is 3.73. The standard InChI is InChI=1S/C19H19ClFN5O/c1-12-16-17(20)15(19(27)25-9-7-24(2)8-10-25)11-22-18(16)26(23-12)14-5-3-13(21)4-6-14/h3-6,11H,7-10H2,1-2H3/p+1. The monoisotopic (exact) mass is 388 g/mol. The molecule has 3 aromatic rings. The van der Waals surface area contributed by atoms with Crippen LogP contribution in [0.2, 0.25) is 5.02 Å². The van der Waals surface area contributed by atoms with Crippen molar-refractivity contribution in [2.24, 2.45) is 0 Å². The number of carbonyl (C=O) groups is 1. The maximum absolute atomic E-state index is 13.2. The first kappa shape index (κ1) is 17.9. The van der Waals surface area contributed by atoms with E-state index in [1.54, 1.807) is 16.8 Å². The van der Waals surface area contributed by atoms with Gasteiger partial charge in [-0.2, -0.15) is 5.10 Å². The van der Waals surface area contributed by atoms with Crippen LogP contribution in [0.3, 0.4) is 0 Å². The molecule has 3 heterocycles. The Morgan fingerprint density at radius 3 is 2.56 bits per heavy atom. The average Bonchev–Trinajstić information content (AvgIpc) is 3.00. The van der Waals surface area contributed by atoms with Crippen LogP contribution in [0, 0.1) is 12.7 Å². The molecule has 27 heavy (non-hydrogen) atoms. The Kier molecular flexibility index (Phi) is 4.57. The van der Waals surface area contributed by atoms with Gasteiger partial charge in [0.2, 0.25) is 0 Å². The highest BCUT2D eigenvalue weighted by Crippen LogP contribution is 2.30. The predicted octanol–water partition coefficient (Wildman–Crippen LogP) is 1.49. The van der Waals surface area contributed by atoms with Gasteiger partial charge in [0, 0.05) is 6.20 Å². The number of hydrogen-bond acceptors (Lipinski definition) is 3. The van der Waals surface area contributed by atoms with Crippen molar-refractivity contribution >= 4 is 28.5 Å². The Bertz CT molecular complexity index is 1010. The second kappa shape index (κ2) is 6.90.